The van der Waals surface area contributed by atoms with Crippen LogP contribution in [0.5, 0.6) is 5.75 Å². The van der Waals surface area contributed by atoms with Crippen LogP contribution < -0.4 is 10.5 Å². The molecule has 0 radical (unpaired) electrons. The number of aryl methyl sites for hydroxylation is 1. The summed E-state index contributed by atoms with van der Waals surface area (Å²) in [6.45, 7) is 8.64. The largest absolute Gasteiger partial charge is 0.496 e. The molecule has 0 heterocycles. The van der Waals surface area contributed by atoms with Crippen LogP contribution in [0.25, 0.3) is 0 Å². The number of rotatable bonds is 4. The Balaban J connectivity index is 3.35. The molecule has 18 heavy (non-hydrogen) atoms. The van der Waals surface area contributed by atoms with Crippen LogP contribution in [0.2, 0.25) is 0 Å². The zero-order valence-electron chi connectivity index (χ0n) is 12.0. The molecule has 0 aliphatic heterocycles. The molecule has 0 aliphatic rings. The quantitative estimate of drug-likeness (QED) is 0.835. The Morgan fingerprint density at radius 3 is 2.39 bits per heavy atom. The minimum absolute atomic E-state index is 0.0587. The number of ether oxygens (including phenoxy) is 1. The van der Waals surface area contributed by atoms with Gasteiger partial charge in [-0.1, -0.05) is 20.8 Å². The van der Waals surface area contributed by atoms with Gasteiger partial charge in [0.05, 0.1) is 7.11 Å². The van der Waals surface area contributed by atoms with Crippen LogP contribution in [0.15, 0.2) is 12.1 Å². The van der Waals surface area contributed by atoms with Gasteiger partial charge in [-0.3, -0.25) is 4.79 Å². The number of hydrogen-bond donors (Lipinski definition) is 1. The number of methoxy groups -OCH3 is 1. The van der Waals surface area contributed by atoms with Crippen molar-refractivity contribution in [3.8, 4) is 5.75 Å². The highest BCUT2D eigenvalue weighted by Gasteiger charge is 2.22. The van der Waals surface area contributed by atoms with E-state index in [1.54, 1.807) is 7.11 Å². The molecule has 0 saturated carbocycles. The summed E-state index contributed by atoms with van der Waals surface area (Å²) in [5.41, 5.74) is 8.14. The van der Waals surface area contributed by atoms with Gasteiger partial charge in [0.2, 0.25) is 0 Å². The van der Waals surface area contributed by atoms with Crippen molar-refractivity contribution in [1.29, 1.82) is 0 Å². The molecule has 1 rings (SSSR count). The average molecular weight is 249 g/mol. The van der Waals surface area contributed by atoms with Gasteiger partial charge in [0, 0.05) is 17.5 Å². The third kappa shape index (κ3) is 3.10. The number of carbonyl (C=O) groups excluding carboxylic acids is 1. The Morgan fingerprint density at radius 2 is 1.94 bits per heavy atom. The lowest BCUT2D eigenvalue weighted by molar-refractivity contribution is 0.0984. The maximum Gasteiger partial charge on any atom is 0.164 e. The first-order chi connectivity index (χ1) is 8.31. The van der Waals surface area contributed by atoms with Crippen LogP contribution in [-0.4, -0.2) is 19.4 Å². The van der Waals surface area contributed by atoms with Crippen LogP contribution in [-0.2, 0) is 5.41 Å². The predicted molar refractivity (Wildman–Crippen MR) is 74.4 cm³/mol. The third-order valence-corrected chi connectivity index (χ3v) is 3.03. The number of carbonyl (C=O) groups is 1. The number of benzene rings is 1. The summed E-state index contributed by atoms with van der Waals surface area (Å²) in [7, 11) is 1.66. The fourth-order valence-corrected chi connectivity index (χ4v) is 2.00. The SMILES string of the molecule is COc1cc(C)c(C(=O)CCN)cc1C(C)(C)C. The second kappa shape index (κ2) is 5.53. The zero-order valence-corrected chi connectivity index (χ0v) is 12.0. The summed E-state index contributed by atoms with van der Waals surface area (Å²) in [5.74, 6) is 0.937. The first-order valence-corrected chi connectivity index (χ1v) is 6.23. The molecule has 0 fully saturated rings. The lowest BCUT2D eigenvalue weighted by Gasteiger charge is -2.23. The first-order valence-electron chi connectivity index (χ1n) is 6.23. The molecule has 0 amide bonds. The molecule has 100 valence electrons. The Kier molecular flexibility index (Phi) is 4.52. The predicted octanol–water partition coefficient (Wildman–Crippen LogP) is 2.83. The van der Waals surface area contributed by atoms with E-state index in [0.717, 1.165) is 22.4 Å². The highest BCUT2D eigenvalue weighted by atomic mass is 16.5. The number of hydrogen-bond acceptors (Lipinski definition) is 3. The van der Waals surface area contributed by atoms with E-state index in [1.165, 1.54) is 0 Å². The van der Waals surface area contributed by atoms with Crippen molar-refractivity contribution in [3.05, 3.63) is 28.8 Å². The molecule has 0 aliphatic carbocycles. The van der Waals surface area contributed by atoms with Gasteiger partial charge in [-0.2, -0.15) is 0 Å². The van der Waals surface area contributed by atoms with Crippen molar-refractivity contribution in [1.82, 2.24) is 0 Å². The third-order valence-electron chi connectivity index (χ3n) is 3.03. The lowest BCUT2D eigenvalue weighted by atomic mass is 9.83. The minimum Gasteiger partial charge on any atom is -0.496 e. The smallest absolute Gasteiger partial charge is 0.164 e. The molecular weight excluding hydrogens is 226 g/mol. The summed E-state index contributed by atoms with van der Waals surface area (Å²) in [6, 6.07) is 3.89. The van der Waals surface area contributed by atoms with Crippen LogP contribution in [0, 0.1) is 6.92 Å². The molecule has 0 saturated heterocycles. The van der Waals surface area contributed by atoms with Gasteiger partial charge < -0.3 is 10.5 Å². The summed E-state index contributed by atoms with van der Waals surface area (Å²) in [4.78, 5) is 12.0. The average Bonchev–Trinajstić information content (AvgIpc) is 2.27. The Hall–Kier alpha value is -1.35. The van der Waals surface area contributed by atoms with E-state index in [9.17, 15) is 4.79 Å². The van der Waals surface area contributed by atoms with Crippen LogP contribution >= 0.6 is 0 Å². The normalized spacial score (nSPS) is 11.4. The molecule has 0 atom stereocenters. The standard InChI is InChI=1S/C15H23NO2/c1-10-8-14(18-5)12(15(2,3)4)9-11(10)13(17)6-7-16/h8-9H,6-7,16H2,1-5H3. The van der Waals surface area contributed by atoms with Gasteiger partial charge in [-0.05, 0) is 36.6 Å². The molecular formula is C15H23NO2. The monoisotopic (exact) mass is 249 g/mol. The van der Waals surface area contributed by atoms with Crippen LogP contribution in [0.4, 0.5) is 0 Å². The van der Waals surface area contributed by atoms with Crippen molar-refractivity contribution in [2.24, 2.45) is 5.73 Å². The topological polar surface area (TPSA) is 52.3 Å². The number of Topliss-reactive ketones (excluding diaryl/α,β-unsaturated/α-hetero) is 1. The highest BCUT2D eigenvalue weighted by Crippen LogP contribution is 2.33. The molecule has 1 aromatic rings. The van der Waals surface area contributed by atoms with Gasteiger partial charge in [0.15, 0.2) is 5.78 Å². The van der Waals surface area contributed by atoms with E-state index < -0.39 is 0 Å². The van der Waals surface area contributed by atoms with Crippen molar-refractivity contribution in [3.63, 3.8) is 0 Å². The molecule has 3 nitrogen and oxygen atoms in total. The molecule has 0 spiro atoms. The van der Waals surface area contributed by atoms with Crippen molar-refractivity contribution < 1.29 is 9.53 Å². The van der Waals surface area contributed by atoms with Crippen LogP contribution in [0.1, 0.15) is 48.7 Å². The Morgan fingerprint density at radius 1 is 1.33 bits per heavy atom. The van der Waals surface area contributed by atoms with Gasteiger partial charge in [0.25, 0.3) is 0 Å². The zero-order chi connectivity index (χ0) is 13.9. The lowest BCUT2D eigenvalue weighted by Crippen LogP contribution is -2.16. The van der Waals surface area contributed by atoms with E-state index in [4.69, 9.17) is 10.5 Å². The fraction of sp³-hybridized carbons (Fsp3) is 0.533. The second-order valence-electron chi connectivity index (χ2n) is 5.58. The van der Waals surface area contributed by atoms with Crippen molar-refractivity contribution >= 4 is 5.78 Å². The summed E-state index contributed by atoms with van der Waals surface area (Å²) in [6.07, 6.45) is 0.386. The molecule has 0 unspecified atom stereocenters. The van der Waals surface area contributed by atoms with E-state index in [1.807, 2.05) is 19.1 Å². The maximum atomic E-state index is 12.0. The Bertz CT molecular complexity index is 445. The van der Waals surface area contributed by atoms with Gasteiger partial charge >= 0.3 is 0 Å². The van der Waals surface area contributed by atoms with E-state index >= 15 is 0 Å². The second-order valence-corrected chi connectivity index (χ2v) is 5.58. The van der Waals surface area contributed by atoms with Gasteiger partial charge in [0.1, 0.15) is 5.75 Å². The molecule has 0 bridgehead atoms. The van der Waals surface area contributed by atoms with E-state index in [0.29, 0.717) is 13.0 Å². The first kappa shape index (κ1) is 14.7. The summed E-state index contributed by atoms with van der Waals surface area (Å²) < 4.78 is 5.41. The Labute approximate surface area is 109 Å². The summed E-state index contributed by atoms with van der Waals surface area (Å²) in [5, 5.41) is 0. The maximum absolute atomic E-state index is 12.0. The van der Waals surface area contributed by atoms with Gasteiger partial charge in [-0.15, -0.1) is 0 Å². The molecule has 3 heteroatoms. The minimum atomic E-state index is -0.0587. The number of nitrogens with two attached hydrogens (primary N) is 1. The number of ketones is 1. The molecule has 0 aromatic heterocycles. The van der Waals surface area contributed by atoms with Crippen molar-refractivity contribution in [2.75, 3.05) is 13.7 Å². The highest BCUT2D eigenvalue weighted by molar-refractivity contribution is 5.98. The van der Waals surface area contributed by atoms with Crippen molar-refractivity contribution in [2.45, 2.75) is 39.5 Å². The summed E-state index contributed by atoms with van der Waals surface area (Å²) >= 11 is 0. The van der Waals surface area contributed by atoms with Gasteiger partial charge in [-0.25, -0.2) is 0 Å². The molecule has 2 N–H and O–H groups in total. The van der Waals surface area contributed by atoms with E-state index in [-0.39, 0.29) is 11.2 Å². The van der Waals surface area contributed by atoms with Crippen LogP contribution in [0.3, 0.4) is 0 Å². The van der Waals surface area contributed by atoms with E-state index in [2.05, 4.69) is 20.8 Å². The molecule has 1 aromatic carbocycles. The fourth-order valence-electron chi connectivity index (χ4n) is 2.00.